The van der Waals surface area contributed by atoms with E-state index in [4.69, 9.17) is 5.73 Å². The van der Waals surface area contributed by atoms with Gasteiger partial charge in [-0.3, -0.25) is 0 Å². The second-order valence-electron chi connectivity index (χ2n) is 2.76. The quantitative estimate of drug-likeness (QED) is 0.637. The zero-order chi connectivity index (χ0) is 6.69. The fraction of sp³-hybridized carbons (Fsp3) is 1.00. The minimum absolute atomic E-state index is 0.734. The van der Waals surface area contributed by atoms with Crippen LogP contribution >= 0.6 is 11.8 Å². The maximum absolute atomic E-state index is 5.54. The predicted molar refractivity (Wildman–Crippen MR) is 43.7 cm³/mol. The van der Waals surface area contributed by atoms with Gasteiger partial charge in [0, 0.05) is 5.25 Å². The number of rotatable bonds is 2. The molecule has 1 heterocycles. The lowest BCUT2D eigenvalue weighted by Gasteiger charge is -2.14. The maximum Gasteiger partial charge on any atom is 0.00849 e. The lowest BCUT2D eigenvalue weighted by molar-refractivity contribution is 0.548. The molecule has 0 aromatic carbocycles. The highest BCUT2D eigenvalue weighted by Gasteiger charge is 2.20. The van der Waals surface area contributed by atoms with Crippen LogP contribution in [0, 0.1) is 5.92 Å². The van der Waals surface area contributed by atoms with E-state index in [1.165, 1.54) is 18.6 Å². The first-order chi connectivity index (χ1) is 4.34. The second-order valence-corrected chi connectivity index (χ2v) is 4.11. The molecule has 0 radical (unpaired) electrons. The Morgan fingerprint density at radius 3 is 3.00 bits per heavy atom. The lowest BCUT2D eigenvalue weighted by atomic mass is 10.0. The van der Waals surface area contributed by atoms with E-state index in [0.717, 1.165) is 17.7 Å². The molecular weight excluding hydrogens is 130 g/mol. The first-order valence-electron chi connectivity index (χ1n) is 3.66. The van der Waals surface area contributed by atoms with Crippen LogP contribution in [0.2, 0.25) is 0 Å². The van der Waals surface area contributed by atoms with Gasteiger partial charge < -0.3 is 5.73 Å². The van der Waals surface area contributed by atoms with Gasteiger partial charge in [-0.15, -0.1) is 0 Å². The molecule has 0 spiro atoms. The standard InChI is InChI=1S/C7H15NS/c1-6(5-8)7-3-2-4-9-7/h6-7H,2-5,8H2,1H3. The van der Waals surface area contributed by atoms with Crippen molar-refractivity contribution in [3.8, 4) is 0 Å². The van der Waals surface area contributed by atoms with Crippen LogP contribution in [0.4, 0.5) is 0 Å². The van der Waals surface area contributed by atoms with Crippen molar-refractivity contribution in [3.05, 3.63) is 0 Å². The van der Waals surface area contributed by atoms with Crippen LogP contribution in [0.1, 0.15) is 19.8 Å². The molecule has 1 nitrogen and oxygen atoms in total. The van der Waals surface area contributed by atoms with E-state index in [2.05, 4.69) is 18.7 Å². The summed E-state index contributed by atoms with van der Waals surface area (Å²) in [5.74, 6) is 2.09. The van der Waals surface area contributed by atoms with Crippen LogP contribution < -0.4 is 5.73 Å². The van der Waals surface area contributed by atoms with E-state index >= 15 is 0 Å². The molecule has 2 atom stereocenters. The Morgan fingerprint density at radius 2 is 2.56 bits per heavy atom. The van der Waals surface area contributed by atoms with E-state index < -0.39 is 0 Å². The van der Waals surface area contributed by atoms with Gasteiger partial charge in [0.05, 0.1) is 0 Å². The van der Waals surface area contributed by atoms with Gasteiger partial charge in [-0.25, -0.2) is 0 Å². The van der Waals surface area contributed by atoms with Crippen molar-refractivity contribution in [2.45, 2.75) is 25.0 Å². The Bertz CT molecular complexity index is 79.0. The lowest BCUT2D eigenvalue weighted by Crippen LogP contribution is -2.20. The summed E-state index contributed by atoms with van der Waals surface area (Å²) < 4.78 is 0. The predicted octanol–water partition coefficient (Wildman–Crippen LogP) is 1.48. The molecule has 2 N–H and O–H groups in total. The van der Waals surface area contributed by atoms with Gasteiger partial charge in [0.2, 0.25) is 0 Å². The van der Waals surface area contributed by atoms with Crippen molar-refractivity contribution in [1.29, 1.82) is 0 Å². The van der Waals surface area contributed by atoms with Crippen LogP contribution in [0.5, 0.6) is 0 Å². The number of nitrogens with two attached hydrogens (primary N) is 1. The van der Waals surface area contributed by atoms with Crippen LogP contribution in [0.3, 0.4) is 0 Å². The van der Waals surface area contributed by atoms with E-state index in [1.54, 1.807) is 0 Å². The molecule has 9 heavy (non-hydrogen) atoms. The van der Waals surface area contributed by atoms with Crippen LogP contribution in [0.25, 0.3) is 0 Å². The van der Waals surface area contributed by atoms with Gasteiger partial charge in [-0.2, -0.15) is 11.8 Å². The van der Waals surface area contributed by atoms with Gasteiger partial charge in [-0.1, -0.05) is 6.92 Å². The average Bonchev–Trinajstić information content (AvgIpc) is 2.37. The summed E-state index contributed by atoms with van der Waals surface area (Å²) in [4.78, 5) is 0. The van der Waals surface area contributed by atoms with Crippen molar-refractivity contribution >= 4 is 11.8 Å². The Hall–Kier alpha value is 0.310. The van der Waals surface area contributed by atoms with E-state index in [9.17, 15) is 0 Å². The second kappa shape index (κ2) is 3.47. The molecular formula is C7H15NS. The summed E-state index contributed by atoms with van der Waals surface area (Å²) in [5, 5.41) is 0.870. The molecule has 0 aromatic heterocycles. The molecule has 1 rings (SSSR count). The average molecular weight is 145 g/mol. The number of thioether (sulfide) groups is 1. The van der Waals surface area contributed by atoms with Crippen LogP contribution in [-0.2, 0) is 0 Å². The first kappa shape index (κ1) is 7.42. The van der Waals surface area contributed by atoms with Gasteiger partial charge in [0.1, 0.15) is 0 Å². The molecule has 0 bridgehead atoms. The van der Waals surface area contributed by atoms with Crippen molar-refractivity contribution in [2.75, 3.05) is 12.3 Å². The van der Waals surface area contributed by atoms with Crippen molar-refractivity contribution < 1.29 is 0 Å². The van der Waals surface area contributed by atoms with E-state index in [0.29, 0.717) is 0 Å². The summed E-state index contributed by atoms with van der Waals surface area (Å²) in [5.41, 5.74) is 5.54. The van der Waals surface area contributed by atoms with Gasteiger partial charge >= 0.3 is 0 Å². The molecule has 1 fully saturated rings. The topological polar surface area (TPSA) is 26.0 Å². The number of hydrogen-bond acceptors (Lipinski definition) is 2. The third kappa shape index (κ3) is 1.87. The zero-order valence-electron chi connectivity index (χ0n) is 5.97. The van der Waals surface area contributed by atoms with Crippen molar-refractivity contribution in [2.24, 2.45) is 11.7 Å². The molecule has 0 aliphatic carbocycles. The first-order valence-corrected chi connectivity index (χ1v) is 4.71. The Labute approximate surface area is 61.4 Å². The third-order valence-corrected chi connectivity index (χ3v) is 3.62. The summed E-state index contributed by atoms with van der Waals surface area (Å²) in [6, 6.07) is 0. The summed E-state index contributed by atoms with van der Waals surface area (Å²) in [7, 11) is 0. The smallest absolute Gasteiger partial charge is 0.00849 e. The monoisotopic (exact) mass is 145 g/mol. The van der Waals surface area contributed by atoms with Gasteiger partial charge in [0.15, 0.2) is 0 Å². The highest BCUT2D eigenvalue weighted by Crippen LogP contribution is 2.31. The van der Waals surface area contributed by atoms with E-state index in [1.807, 2.05) is 0 Å². The molecule has 0 aromatic rings. The van der Waals surface area contributed by atoms with Gasteiger partial charge in [0.25, 0.3) is 0 Å². The highest BCUT2D eigenvalue weighted by atomic mass is 32.2. The van der Waals surface area contributed by atoms with Crippen molar-refractivity contribution in [3.63, 3.8) is 0 Å². The van der Waals surface area contributed by atoms with Crippen molar-refractivity contribution in [1.82, 2.24) is 0 Å². The van der Waals surface area contributed by atoms with Crippen LogP contribution in [-0.4, -0.2) is 17.5 Å². The molecule has 0 amide bonds. The molecule has 1 aliphatic heterocycles. The molecule has 0 saturated carbocycles. The Balaban J connectivity index is 2.24. The van der Waals surface area contributed by atoms with Gasteiger partial charge in [-0.05, 0) is 31.1 Å². The largest absolute Gasteiger partial charge is 0.330 e. The number of hydrogen-bond donors (Lipinski definition) is 1. The molecule has 2 unspecified atom stereocenters. The molecule has 1 aliphatic rings. The highest BCUT2D eigenvalue weighted by molar-refractivity contribution is 8.00. The normalized spacial score (nSPS) is 30.7. The molecule has 2 heteroatoms. The maximum atomic E-state index is 5.54. The minimum Gasteiger partial charge on any atom is -0.330 e. The SMILES string of the molecule is CC(CN)C1CCCS1. The molecule has 1 saturated heterocycles. The fourth-order valence-corrected chi connectivity index (χ4v) is 2.61. The summed E-state index contributed by atoms with van der Waals surface area (Å²) >= 11 is 2.10. The Kier molecular flexibility index (Phi) is 2.86. The fourth-order valence-electron chi connectivity index (χ4n) is 1.20. The minimum atomic E-state index is 0.734. The third-order valence-electron chi connectivity index (χ3n) is 1.97. The summed E-state index contributed by atoms with van der Waals surface area (Å²) in [6.07, 6.45) is 2.79. The Morgan fingerprint density at radius 1 is 1.78 bits per heavy atom. The van der Waals surface area contributed by atoms with Crippen LogP contribution in [0.15, 0.2) is 0 Å². The van der Waals surface area contributed by atoms with E-state index in [-0.39, 0.29) is 0 Å². The zero-order valence-corrected chi connectivity index (χ0v) is 6.79. The summed E-state index contributed by atoms with van der Waals surface area (Å²) in [6.45, 7) is 3.11. The molecule has 54 valence electrons.